The Bertz CT molecular complexity index is 906. The van der Waals surface area contributed by atoms with E-state index < -0.39 is 0 Å². The Hall–Kier alpha value is -2.24. The third kappa shape index (κ3) is 4.10. The molecule has 1 saturated heterocycles. The molecule has 0 unspecified atom stereocenters. The molecule has 2 atom stereocenters. The van der Waals surface area contributed by atoms with Crippen molar-refractivity contribution in [3.05, 3.63) is 65.2 Å². The fourth-order valence-corrected chi connectivity index (χ4v) is 5.03. The van der Waals surface area contributed by atoms with E-state index in [0.717, 1.165) is 31.4 Å². The highest BCUT2D eigenvalue weighted by molar-refractivity contribution is 7.18. The molecular weight excluding hydrogens is 366 g/mol. The summed E-state index contributed by atoms with van der Waals surface area (Å²) in [4.78, 5) is 21.9. The first-order chi connectivity index (χ1) is 13.6. The number of likely N-dealkylation sites (N-methyl/N-ethyl adjacent to an activating group) is 1. The number of amides is 1. The number of carbonyl (C=O) groups is 1. The van der Waals surface area contributed by atoms with Crippen LogP contribution in [0.1, 0.15) is 42.3 Å². The van der Waals surface area contributed by atoms with Crippen molar-refractivity contribution in [1.29, 1.82) is 0 Å². The number of hydrogen-bond donors (Lipinski definition) is 0. The van der Waals surface area contributed by atoms with Gasteiger partial charge in [0.2, 0.25) is 5.91 Å². The monoisotopic (exact) mass is 393 g/mol. The van der Waals surface area contributed by atoms with Gasteiger partial charge in [-0.15, -0.1) is 11.3 Å². The van der Waals surface area contributed by atoms with Gasteiger partial charge in [0.1, 0.15) is 0 Å². The second-order valence-electron chi connectivity index (χ2n) is 7.69. The first kappa shape index (κ1) is 19.1. The molecule has 2 heterocycles. The van der Waals surface area contributed by atoms with Gasteiger partial charge in [-0.3, -0.25) is 9.69 Å². The van der Waals surface area contributed by atoms with Gasteiger partial charge in [-0.2, -0.15) is 0 Å². The van der Waals surface area contributed by atoms with E-state index in [9.17, 15) is 4.79 Å². The summed E-state index contributed by atoms with van der Waals surface area (Å²) < 4.78 is 1.25. The average molecular weight is 394 g/mol. The molecule has 4 nitrogen and oxygen atoms in total. The minimum Gasteiger partial charge on any atom is -0.338 e. The van der Waals surface area contributed by atoms with E-state index in [4.69, 9.17) is 4.98 Å². The quantitative estimate of drug-likeness (QED) is 0.631. The molecular formula is C23H27N3OS. The standard InChI is InChI=1S/C23H27N3OS/c1-17(18-9-4-3-5-10-18)25(2)22(27)16-26-14-8-11-19(15-26)23-24-20-12-6-7-13-21(20)28-23/h3-7,9-10,12-13,17,19H,8,11,14-16H2,1-2H3/t17-,19+/m1/s1. The fraction of sp³-hybridized carbons (Fsp3) is 0.391. The molecule has 0 N–H and O–H groups in total. The lowest BCUT2D eigenvalue weighted by atomic mass is 9.98. The van der Waals surface area contributed by atoms with Crippen LogP contribution in [0.25, 0.3) is 10.2 Å². The minimum atomic E-state index is 0.0820. The predicted molar refractivity (Wildman–Crippen MR) is 116 cm³/mol. The van der Waals surface area contributed by atoms with Crippen LogP contribution < -0.4 is 0 Å². The molecule has 1 aliphatic heterocycles. The van der Waals surface area contributed by atoms with Gasteiger partial charge in [0.15, 0.2) is 0 Å². The summed E-state index contributed by atoms with van der Waals surface area (Å²) in [5.74, 6) is 0.608. The van der Waals surface area contributed by atoms with Gasteiger partial charge in [0.25, 0.3) is 0 Å². The lowest BCUT2D eigenvalue weighted by Crippen LogP contribution is -2.43. The summed E-state index contributed by atoms with van der Waals surface area (Å²) in [7, 11) is 1.91. The van der Waals surface area contributed by atoms with Crippen molar-refractivity contribution in [2.75, 3.05) is 26.7 Å². The van der Waals surface area contributed by atoms with Gasteiger partial charge in [0.05, 0.1) is 27.8 Å². The maximum absolute atomic E-state index is 12.9. The summed E-state index contributed by atoms with van der Waals surface area (Å²) in [6.07, 6.45) is 2.27. The minimum absolute atomic E-state index is 0.0820. The number of nitrogens with zero attached hydrogens (tertiary/aromatic N) is 3. The number of aromatic nitrogens is 1. The third-order valence-electron chi connectivity index (χ3n) is 5.78. The van der Waals surface area contributed by atoms with E-state index in [-0.39, 0.29) is 11.9 Å². The highest BCUT2D eigenvalue weighted by Gasteiger charge is 2.27. The second-order valence-corrected chi connectivity index (χ2v) is 8.75. The molecule has 0 spiro atoms. The first-order valence-corrected chi connectivity index (χ1v) is 10.8. The molecule has 1 aliphatic rings. The average Bonchev–Trinajstić information content (AvgIpc) is 3.18. The van der Waals surface area contributed by atoms with Crippen molar-refractivity contribution in [1.82, 2.24) is 14.8 Å². The van der Waals surface area contributed by atoms with Gasteiger partial charge >= 0.3 is 0 Å². The van der Waals surface area contributed by atoms with E-state index in [0.29, 0.717) is 12.5 Å². The highest BCUT2D eigenvalue weighted by Crippen LogP contribution is 2.33. The van der Waals surface area contributed by atoms with E-state index >= 15 is 0 Å². The summed E-state index contributed by atoms with van der Waals surface area (Å²) in [5.41, 5.74) is 2.26. The molecule has 0 saturated carbocycles. The van der Waals surface area contributed by atoms with E-state index in [1.165, 1.54) is 15.3 Å². The van der Waals surface area contributed by atoms with Crippen LogP contribution in [0.3, 0.4) is 0 Å². The molecule has 146 valence electrons. The Labute approximate surface area is 170 Å². The molecule has 28 heavy (non-hydrogen) atoms. The number of carbonyl (C=O) groups excluding carboxylic acids is 1. The molecule has 0 bridgehead atoms. The van der Waals surface area contributed by atoms with Crippen molar-refractivity contribution >= 4 is 27.5 Å². The Kier molecular flexibility index (Phi) is 5.74. The third-order valence-corrected chi connectivity index (χ3v) is 6.98. The van der Waals surface area contributed by atoms with Crippen molar-refractivity contribution in [3.8, 4) is 0 Å². The number of fused-ring (bicyclic) bond motifs is 1. The van der Waals surface area contributed by atoms with Crippen LogP contribution in [0.2, 0.25) is 0 Å². The summed E-state index contributed by atoms with van der Waals surface area (Å²) in [5, 5.41) is 1.21. The van der Waals surface area contributed by atoms with Crippen LogP contribution in [0.4, 0.5) is 0 Å². The second kappa shape index (κ2) is 8.41. The van der Waals surface area contributed by atoms with Crippen LogP contribution in [-0.2, 0) is 4.79 Å². The number of rotatable bonds is 5. The maximum atomic E-state index is 12.9. The molecule has 2 aromatic carbocycles. The molecule has 1 fully saturated rings. The molecule has 4 rings (SSSR count). The number of likely N-dealkylation sites (tertiary alicyclic amines) is 1. The molecule has 0 radical (unpaired) electrons. The van der Waals surface area contributed by atoms with Crippen molar-refractivity contribution in [2.24, 2.45) is 0 Å². The summed E-state index contributed by atoms with van der Waals surface area (Å²) >= 11 is 1.80. The number of para-hydroxylation sites is 1. The van der Waals surface area contributed by atoms with Crippen LogP contribution in [-0.4, -0.2) is 47.4 Å². The Balaban J connectivity index is 1.39. The number of thiazole rings is 1. The lowest BCUT2D eigenvalue weighted by Gasteiger charge is -2.33. The SMILES string of the molecule is C[C@H](c1ccccc1)N(C)C(=O)CN1CCC[C@H](c2nc3ccccc3s2)C1. The zero-order chi connectivity index (χ0) is 19.5. The predicted octanol–water partition coefficient (Wildman–Crippen LogP) is 4.70. The van der Waals surface area contributed by atoms with E-state index in [1.807, 2.05) is 36.2 Å². The van der Waals surface area contributed by atoms with Gasteiger partial charge in [-0.05, 0) is 44.0 Å². The Morgan fingerprint density at radius 2 is 1.96 bits per heavy atom. The van der Waals surface area contributed by atoms with E-state index in [2.05, 4.69) is 42.2 Å². The number of piperidine rings is 1. The molecule has 5 heteroatoms. The summed E-state index contributed by atoms with van der Waals surface area (Å²) in [6, 6.07) is 18.6. The number of hydrogen-bond acceptors (Lipinski definition) is 4. The Morgan fingerprint density at radius 1 is 1.21 bits per heavy atom. The molecule has 1 aromatic heterocycles. The molecule has 3 aromatic rings. The van der Waals surface area contributed by atoms with Gasteiger partial charge in [-0.1, -0.05) is 42.5 Å². The van der Waals surface area contributed by atoms with Crippen LogP contribution in [0, 0.1) is 0 Å². The summed E-state index contributed by atoms with van der Waals surface area (Å²) in [6.45, 7) is 4.47. The maximum Gasteiger partial charge on any atom is 0.236 e. The van der Waals surface area contributed by atoms with Crippen molar-refractivity contribution in [3.63, 3.8) is 0 Å². The largest absolute Gasteiger partial charge is 0.338 e. The van der Waals surface area contributed by atoms with Gasteiger partial charge in [0, 0.05) is 19.5 Å². The van der Waals surface area contributed by atoms with Crippen LogP contribution >= 0.6 is 11.3 Å². The smallest absolute Gasteiger partial charge is 0.236 e. The van der Waals surface area contributed by atoms with E-state index in [1.54, 1.807) is 11.3 Å². The van der Waals surface area contributed by atoms with Crippen LogP contribution in [0.15, 0.2) is 54.6 Å². The number of benzene rings is 2. The zero-order valence-corrected chi connectivity index (χ0v) is 17.4. The first-order valence-electron chi connectivity index (χ1n) is 10.0. The van der Waals surface area contributed by atoms with Gasteiger partial charge < -0.3 is 4.90 Å². The normalized spacial score (nSPS) is 18.9. The van der Waals surface area contributed by atoms with Crippen molar-refractivity contribution in [2.45, 2.75) is 31.7 Å². The lowest BCUT2D eigenvalue weighted by molar-refractivity contribution is -0.133. The van der Waals surface area contributed by atoms with Crippen LogP contribution in [0.5, 0.6) is 0 Å². The zero-order valence-electron chi connectivity index (χ0n) is 16.5. The Morgan fingerprint density at radius 3 is 2.75 bits per heavy atom. The van der Waals surface area contributed by atoms with Gasteiger partial charge in [-0.25, -0.2) is 4.98 Å². The fourth-order valence-electron chi connectivity index (χ4n) is 3.94. The molecule has 0 aliphatic carbocycles. The molecule has 1 amide bonds. The highest BCUT2D eigenvalue weighted by atomic mass is 32.1. The topological polar surface area (TPSA) is 36.4 Å². The van der Waals surface area contributed by atoms with Crippen molar-refractivity contribution < 1.29 is 4.79 Å².